The summed E-state index contributed by atoms with van der Waals surface area (Å²) < 4.78 is 1.28. The molecule has 1 aromatic heterocycles. The number of nitrogens with zero attached hydrogens (tertiary/aromatic N) is 1. The Morgan fingerprint density at radius 3 is 2.31 bits per heavy atom. The number of nitrogens with one attached hydrogen (secondary N) is 2. The minimum atomic E-state index is -0.683. The van der Waals surface area contributed by atoms with E-state index in [1.807, 2.05) is 6.92 Å². The smallest absolute Gasteiger partial charge is 0.329 e. The van der Waals surface area contributed by atoms with Crippen LogP contribution in [-0.2, 0) is 6.54 Å². The van der Waals surface area contributed by atoms with Crippen molar-refractivity contribution in [1.82, 2.24) is 14.9 Å². The highest BCUT2D eigenvalue weighted by atomic mass is 16.2. The third kappa shape index (κ3) is 2.92. The van der Waals surface area contributed by atoms with Crippen molar-refractivity contribution >= 4 is 11.6 Å². The van der Waals surface area contributed by atoms with Gasteiger partial charge in [0.15, 0.2) is 5.78 Å². The predicted octanol–water partition coefficient (Wildman–Crippen LogP) is 1.27. The molecular formula is C19H28N4O3. The number of carbonyl (C=O) groups excluding carboxylic acids is 1. The molecule has 4 N–H and O–H groups in total. The van der Waals surface area contributed by atoms with Crippen LogP contribution in [0.15, 0.2) is 9.59 Å². The first kappa shape index (κ1) is 17.5. The van der Waals surface area contributed by atoms with Gasteiger partial charge in [-0.3, -0.25) is 19.1 Å². The van der Waals surface area contributed by atoms with E-state index in [1.165, 1.54) is 23.8 Å². The van der Waals surface area contributed by atoms with Gasteiger partial charge in [0.05, 0.1) is 6.54 Å². The van der Waals surface area contributed by atoms with E-state index in [4.69, 9.17) is 5.73 Å². The van der Waals surface area contributed by atoms with Crippen molar-refractivity contribution in [3.8, 4) is 0 Å². The van der Waals surface area contributed by atoms with E-state index >= 15 is 0 Å². The van der Waals surface area contributed by atoms with Gasteiger partial charge in [-0.2, -0.15) is 0 Å². The highest BCUT2D eigenvalue weighted by molar-refractivity contribution is 6.01. The van der Waals surface area contributed by atoms with Gasteiger partial charge in [-0.25, -0.2) is 4.79 Å². The van der Waals surface area contributed by atoms with E-state index in [2.05, 4.69) is 10.3 Å². The van der Waals surface area contributed by atoms with Crippen LogP contribution in [0.3, 0.4) is 0 Å². The van der Waals surface area contributed by atoms with Crippen molar-refractivity contribution < 1.29 is 4.79 Å². The number of rotatable bonds is 6. The fraction of sp³-hybridized carbons (Fsp3) is 0.737. The predicted molar refractivity (Wildman–Crippen MR) is 99.3 cm³/mol. The fourth-order valence-electron chi connectivity index (χ4n) is 5.99. The third-order valence-electron chi connectivity index (χ3n) is 6.63. The van der Waals surface area contributed by atoms with Crippen molar-refractivity contribution in [3.05, 3.63) is 26.4 Å². The van der Waals surface area contributed by atoms with E-state index in [-0.39, 0.29) is 29.2 Å². The quantitative estimate of drug-likeness (QED) is 0.662. The number of carbonyl (C=O) groups is 1. The number of nitrogen functional groups attached to an aromatic ring is 1. The minimum Gasteiger partial charge on any atom is -0.384 e. The summed E-state index contributed by atoms with van der Waals surface area (Å²) in [5.74, 6) is 2.00. The Kier molecular flexibility index (Phi) is 4.29. The number of nitrogens with two attached hydrogens (primary N) is 1. The van der Waals surface area contributed by atoms with Crippen LogP contribution >= 0.6 is 0 Å². The summed E-state index contributed by atoms with van der Waals surface area (Å²) in [6, 6.07) is 0. The molecule has 0 amide bonds. The van der Waals surface area contributed by atoms with Crippen LogP contribution in [-0.4, -0.2) is 27.4 Å². The standard InChI is InChI=1S/C19H28N4O3/c1-2-3-23-16(20)15(17(25)22-18(23)26)14(24)10-21-19-7-11-4-12(8-19)6-13(5-11)9-19/h11-13,21H,2-10,20H2,1H3,(H,22,25,26). The Morgan fingerprint density at radius 2 is 1.77 bits per heavy atom. The number of hydrogen-bond acceptors (Lipinski definition) is 5. The van der Waals surface area contributed by atoms with Gasteiger partial charge in [-0.1, -0.05) is 6.92 Å². The number of H-pyrrole nitrogens is 1. The molecule has 0 spiro atoms. The molecule has 7 heteroatoms. The van der Waals surface area contributed by atoms with Crippen molar-refractivity contribution in [3.63, 3.8) is 0 Å². The van der Waals surface area contributed by atoms with Crippen LogP contribution in [0.2, 0.25) is 0 Å². The van der Waals surface area contributed by atoms with Gasteiger partial charge >= 0.3 is 5.69 Å². The number of aromatic nitrogens is 2. The van der Waals surface area contributed by atoms with Gasteiger partial charge < -0.3 is 11.1 Å². The van der Waals surface area contributed by atoms with Crippen LogP contribution < -0.4 is 22.3 Å². The maximum absolute atomic E-state index is 12.8. The van der Waals surface area contributed by atoms with E-state index in [9.17, 15) is 14.4 Å². The highest BCUT2D eigenvalue weighted by Gasteiger charge is 2.50. The van der Waals surface area contributed by atoms with Gasteiger partial charge in [-0.05, 0) is 62.7 Å². The first-order valence-corrected chi connectivity index (χ1v) is 9.81. The largest absolute Gasteiger partial charge is 0.384 e. The SMILES string of the molecule is CCCn1c(N)c(C(=O)CNC23CC4CC(CC(C4)C2)C3)c(=O)[nH]c1=O. The van der Waals surface area contributed by atoms with Crippen LogP contribution in [0.25, 0.3) is 0 Å². The lowest BCUT2D eigenvalue weighted by atomic mass is 9.53. The molecule has 4 fully saturated rings. The number of aromatic amines is 1. The third-order valence-corrected chi connectivity index (χ3v) is 6.63. The molecule has 4 aliphatic rings. The zero-order chi connectivity index (χ0) is 18.5. The number of Topliss-reactive ketones (excluding diaryl/α,β-unsaturated/α-hetero) is 1. The number of hydrogen-bond donors (Lipinski definition) is 3. The Labute approximate surface area is 152 Å². The molecule has 0 aliphatic heterocycles. The van der Waals surface area contributed by atoms with Gasteiger partial charge in [0.1, 0.15) is 11.4 Å². The second-order valence-corrected chi connectivity index (χ2v) is 8.65. The number of anilines is 1. The van der Waals surface area contributed by atoms with E-state index < -0.39 is 11.2 Å². The Balaban J connectivity index is 1.53. The fourth-order valence-corrected chi connectivity index (χ4v) is 5.99. The summed E-state index contributed by atoms with van der Waals surface area (Å²) in [7, 11) is 0. The molecule has 4 aliphatic carbocycles. The molecule has 0 saturated heterocycles. The van der Waals surface area contributed by atoms with Gasteiger partial charge in [0.2, 0.25) is 0 Å². The second kappa shape index (κ2) is 6.37. The highest BCUT2D eigenvalue weighted by Crippen LogP contribution is 2.55. The Bertz CT molecular complexity index is 803. The molecule has 1 aromatic rings. The first-order chi connectivity index (χ1) is 12.4. The normalized spacial score (nSPS) is 32.1. The number of ketones is 1. The molecule has 4 bridgehead atoms. The van der Waals surface area contributed by atoms with E-state index in [0.717, 1.165) is 37.0 Å². The summed E-state index contributed by atoms with van der Waals surface area (Å²) >= 11 is 0. The molecule has 0 unspecified atom stereocenters. The van der Waals surface area contributed by atoms with Gasteiger partial charge in [0, 0.05) is 12.1 Å². The lowest BCUT2D eigenvalue weighted by molar-refractivity contribution is -0.0186. The van der Waals surface area contributed by atoms with E-state index in [0.29, 0.717) is 13.0 Å². The zero-order valence-corrected chi connectivity index (χ0v) is 15.3. The van der Waals surface area contributed by atoms with Gasteiger partial charge in [-0.15, -0.1) is 0 Å². The second-order valence-electron chi connectivity index (χ2n) is 8.65. The maximum atomic E-state index is 12.8. The van der Waals surface area contributed by atoms with Crippen LogP contribution in [0.4, 0.5) is 5.82 Å². The topological polar surface area (TPSA) is 110 Å². The van der Waals surface area contributed by atoms with Crippen molar-refractivity contribution in [1.29, 1.82) is 0 Å². The Morgan fingerprint density at radius 1 is 1.19 bits per heavy atom. The Hall–Kier alpha value is -1.89. The zero-order valence-electron chi connectivity index (χ0n) is 15.3. The molecule has 1 heterocycles. The lowest BCUT2D eigenvalue weighted by Crippen LogP contribution is -2.59. The minimum absolute atomic E-state index is 0.0158. The maximum Gasteiger partial charge on any atom is 0.329 e. The first-order valence-electron chi connectivity index (χ1n) is 9.81. The summed E-state index contributed by atoms with van der Waals surface area (Å²) in [4.78, 5) is 39.1. The molecular weight excluding hydrogens is 332 g/mol. The summed E-state index contributed by atoms with van der Waals surface area (Å²) in [6.07, 6.45) is 8.10. The molecule has 142 valence electrons. The summed E-state index contributed by atoms with van der Waals surface area (Å²) in [6.45, 7) is 2.39. The molecule has 0 aromatic carbocycles. The molecule has 7 nitrogen and oxygen atoms in total. The van der Waals surface area contributed by atoms with Crippen molar-refractivity contribution in [2.24, 2.45) is 17.8 Å². The van der Waals surface area contributed by atoms with Gasteiger partial charge in [0.25, 0.3) is 5.56 Å². The molecule has 0 atom stereocenters. The molecule has 0 radical (unpaired) electrons. The average Bonchev–Trinajstić information content (AvgIpc) is 2.55. The van der Waals surface area contributed by atoms with Crippen LogP contribution in [0.1, 0.15) is 62.2 Å². The van der Waals surface area contributed by atoms with Crippen molar-refractivity contribution in [2.75, 3.05) is 12.3 Å². The summed E-state index contributed by atoms with van der Waals surface area (Å²) in [5.41, 5.74) is 4.72. The molecule has 26 heavy (non-hydrogen) atoms. The average molecular weight is 360 g/mol. The van der Waals surface area contributed by atoms with Crippen LogP contribution in [0.5, 0.6) is 0 Å². The van der Waals surface area contributed by atoms with Crippen molar-refractivity contribution in [2.45, 2.75) is 64.0 Å². The molecule has 5 rings (SSSR count). The van der Waals surface area contributed by atoms with Crippen LogP contribution in [0, 0.1) is 17.8 Å². The lowest BCUT2D eigenvalue weighted by Gasteiger charge is -2.57. The monoisotopic (exact) mass is 360 g/mol. The van der Waals surface area contributed by atoms with E-state index in [1.54, 1.807) is 0 Å². The summed E-state index contributed by atoms with van der Waals surface area (Å²) in [5, 5.41) is 3.50. The molecule has 4 saturated carbocycles.